The second-order valence-electron chi connectivity index (χ2n) is 5.29. The molecule has 3 N–H and O–H groups in total. The van der Waals surface area contributed by atoms with Gasteiger partial charge in [0.1, 0.15) is 11.6 Å². The fourth-order valence-electron chi connectivity index (χ4n) is 2.17. The van der Waals surface area contributed by atoms with Gasteiger partial charge in [0.25, 0.3) is 0 Å². The zero-order chi connectivity index (χ0) is 17.4. The molecule has 0 radical (unpaired) electrons. The first-order valence-electron chi connectivity index (χ1n) is 7.92. The third kappa shape index (κ3) is 5.49. The minimum Gasteiger partial charge on any atom is -0.368 e. The van der Waals surface area contributed by atoms with Crippen LogP contribution in [0.4, 0.5) is 16.2 Å². The first kappa shape index (κ1) is 17.7. The Hall–Kier alpha value is -2.70. The van der Waals surface area contributed by atoms with Crippen molar-refractivity contribution in [1.29, 1.82) is 0 Å². The molecule has 0 saturated heterocycles. The van der Waals surface area contributed by atoms with Crippen molar-refractivity contribution in [1.82, 2.24) is 15.3 Å². The molecule has 0 bridgehead atoms. The van der Waals surface area contributed by atoms with Crippen LogP contribution >= 0.6 is 0 Å². The van der Waals surface area contributed by atoms with Crippen molar-refractivity contribution in [2.75, 3.05) is 30.3 Å². The summed E-state index contributed by atoms with van der Waals surface area (Å²) < 4.78 is 13.5. The molecule has 0 aliphatic carbocycles. The average molecular weight is 331 g/mol. The van der Waals surface area contributed by atoms with E-state index in [0.717, 1.165) is 12.2 Å². The average Bonchev–Trinajstić information content (AvgIpc) is 2.54. The van der Waals surface area contributed by atoms with Crippen molar-refractivity contribution >= 4 is 17.7 Å². The standard InChI is InChI=1S/C17H22FN5O/c1-3-19-17-22-12(2)10-15(23-17)20-8-9-21-16(24)11-13-6-4-5-7-14(13)18/h4-7,10H,3,8-9,11H2,1-2H3,(H,21,24)(H2,19,20,22,23). The zero-order valence-corrected chi connectivity index (χ0v) is 13.9. The van der Waals surface area contributed by atoms with Crippen LogP contribution < -0.4 is 16.0 Å². The Labute approximate surface area is 140 Å². The number of rotatable bonds is 8. The number of halogens is 1. The van der Waals surface area contributed by atoms with Gasteiger partial charge in [-0.3, -0.25) is 4.79 Å². The van der Waals surface area contributed by atoms with E-state index in [1.165, 1.54) is 6.07 Å². The first-order chi connectivity index (χ1) is 11.6. The molecule has 24 heavy (non-hydrogen) atoms. The van der Waals surface area contributed by atoms with Crippen LogP contribution in [0.1, 0.15) is 18.2 Å². The Balaban J connectivity index is 1.76. The lowest BCUT2D eigenvalue weighted by Crippen LogP contribution is -2.30. The Morgan fingerprint density at radius 1 is 1.17 bits per heavy atom. The second-order valence-corrected chi connectivity index (χ2v) is 5.29. The summed E-state index contributed by atoms with van der Waals surface area (Å²) >= 11 is 0. The minimum atomic E-state index is -0.363. The molecule has 1 amide bonds. The molecular formula is C17H22FN5O. The van der Waals surface area contributed by atoms with E-state index < -0.39 is 0 Å². The number of carbonyl (C=O) groups excluding carboxylic acids is 1. The maximum atomic E-state index is 13.5. The lowest BCUT2D eigenvalue weighted by Gasteiger charge is -2.10. The highest BCUT2D eigenvalue weighted by Crippen LogP contribution is 2.09. The van der Waals surface area contributed by atoms with Crippen LogP contribution in [0.3, 0.4) is 0 Å². The number of hydrogen-bond acceptors (Lipinski definition) is 5. The summed E-state index contributed by atoms with van der Waals surface area (Å²) in [5, 5.41) is 8.95. The Morgan fingerprint density at radius 3 is 2.71 bits per heavy atom. The van der Waals surface area contributed by atoms with Crippen LogP contribution in [0.25, 0.3) is 0 Å². The Bertz CT molecular complexity index is 692. The van der Waals surface area contributed by atoms with Gasteiger partial charge in [0.15, 0.2) is 0 Å². The fourth-order valence-corrected chi connectivity index (χ4v) is 2.17. The van der Waals surface area contributed by atoms with Crippen LogP contribution in [0.5, 0.6) is 0 Å². The number of carbonyl (C=O) groups is 1. The molecule has 128 valence electrons. The molecule has 0 aliphatic rings. The number of nitrogens with zero attached hydrogens (tertiary/aromatic N) is 2. The molecule has 1 heterocycles. The highest BCUT2D eigenvalue weighted by Gasteiger charge is 2.07. The van der Waals surface area contributed by atoms with Crippen LogP contribution in [0, 0.1) is 12.7 Å². The topological polar surface area (TPSA) is 78.9 Å². The van der Waals surface area contributed by atoms with Crippen LogP contribution in [-0.2, 0) is 11.2 Å². The molecular weight excluding hydrogens is 309 g/mol. The number of nitrogens with one attached hydrogen (secondary N) is 3. The number of aromatic nitrogens is 2. The van der Waals surface area contributed by atoms with Gasteiger partial charge < -0.3 is 16.0 Å². The van der Waals surface area contributed by atoms with Gasteiger partial charge in [0.2, 0.25) is 11.9 Å². The van der Waals surface area contributed by atoms with Crippen molar-refractivity contribution in [3.63, 3.8) is 0 Å². The van der Waals surface area contributed by atoms with E-state index in [1.54, 1.807) is 18.2 Å². The van der Waals surface area contributed by atoms with Gasteiger partial charge >= 0.3 is 0 Å². The smallest absolute Gasteiger partial charge is 0.224 e. The molecule has 0 atom stereocenters. The quantitative estimate of drug-likeness (QED) is 0.646. The summed E-state index contributed by atoms with van der Waals surface area (Å²) in [7, 11) is 0. The van der Waals surface area contributed by atoms with Crippen molar-refractivity contribution in [2.45, 2.75) is 20.3 Å². The van der Waals surface area contributed by atoms with Gasteiger partial charge in [0, 0.05) is 31.4 Å². The highest BCUT2D eigenvalue weighted by atomic mass is 19.1. The van der Waals surface area contributed by atoms with E-state index in [4.69, 9.17) is 0 Å². The molecule has 7 heteroatoms. The van der Waals surface area contributed by atoms with Crippen LogP contribution in [-0.4, -0.2) is 35.5 Å². The van der Waals surface area contributed by atoms with E-state index >= 15 is 0 Å². The molecule has 6 nitrogen and oxygen atoms in total. The monoisotopic (exact) mass is 331 g/mol. The SMILES string of the molecule is CCNc1nc(C)cc(NCCNC(=O)Cc2ccccc2F)n1. The largest absolute Gasteiger partial charge is 0.368 e. The minimum absolute atomic E-state index is 0.0316. The highest BCUT2D eigenvalue weighted by molar-refractivity contribution is 5.78. The van der Waals surface area contributed by atoms with E-state index in [0.29, 0.717) is 30.4 Å². The summed E-state index contributed by atoms with van der Waals surface area (Å²) in [6, 6.07) is 8.11. The maximum Gasteiger partial charge on any atom is 0.224 e. The van der Waals surface area contributed by atoms with Gasteiger partial charge in [-0.2, -0.15) is 4.98 Å². The lowest BCUT2D eigenvalue weighted by atomic mass is 10.1. The number of aryl methyl sites for hydroxylation is 1. The van der Waals surface area contributed by atoms with Gasteiger partial charge in [-0.25, -0.2) is 9.37 Å². The predicted octanol–water partition coefficient (Wildman–Crippen LogP) is 2.13. The van der Waals surface area contributed by atoms with Crippen molar-refractivity contribution in [2.24, 2.45) is 0 Å². The molecule has 0 saturated carbocycles. The van der Waals surface area contributed by atoms with Gasteiger partial charge in [-0.05, 0) is 25.5 Å². The van der Waals surface area contributed by atoms with Crippen molar-refractivity contribution < 1.29 is 9.18 Å². The number of benzene rings is 1. The van der Waals surface area contributed by atoms with Gasteiger partial charge in [0.05, 0.1) is 6.42 Å². The molecule has 0 unspecified atom stereocenters. The van der Waals surface area contributed by atoms with Gasteiger partial charge in [-0.15, -0.1) is 0 Å². The van der Waals surface area contributed by atoms with Gasteiger partial charge in [-0.1, -0.05) is 18.2 Å². The lowest BCUT2D eigenvalue weighted by molar-refractivity contribution is -0.120. The normalized spacial score (nSPS) is 10.3. The number of amides is 1. The van der Waals surface area contributed by atoms with Crippen LogP contribution in [0.2, 0.25) is 0 Å². The number of hydrogen-bond donors (Lipinski definition) is 3. The Kier molecular flexibility index (Phi) is 6.48. The summed E-state index contributed by atoms with van der Waals surface area (Å²) in [4.78, 5) is 20.4. The summed E-state index contributed by atoms with van der Waals surface area (Å²) in [6.07, 6.45) is 0.0316. The molecule has 2 rings (SSSR count). The van der Waals surface area contributed by atoms with E-state index in [1.807, 2.05) is 19.9 Å². The summed E-state index contributed by atoms with van der Waals surface area (Å²) in [6.45, 7) is 5.56. The molecule has 1 aromatic heterocycles. The second kappa shape index (κ2) is 8.81. The Morgan fingerprint density at radius 2 is 1.96 bits per heavy atom. The van der Waals surface area contributed by atoms with Crippen LogP contribution in [0.15, 0.2) is 30.3 Å². The van der Waals surface area contributed by atoms with Crippen molar-refractivity contribution in [3.8, 4) is 0 Å². The van der Waals surface area contributed by atoms with E-state index in [-0.39, 0.29) is 18.1 Å². The predicted molar refractivity (Wildman–Crippen MR) is 92.5 cm³/mol. The molecule has 1 aromatic carbocycles. The first-order valence-corrected chi connectivity index (χ1v) is 7.92. The third-order valence-electron chi connectivity index (χ3n) is 3.25. The molecule has 0 aliphatic heterocycles. The van der Waals surface area contributed by atoms with Crippen molar-refractivity contribution in [3.05, 3.63) is 47.4 Å². The summed E-state index contributed by atoms with van der Waals surface area (Å²) in [5.41, 5.74) is 1.25. The molecule has 0 spiro atoms. The number of anilines is 2. The molecule has 2 aromatic rings. The summed E-state index contributed by atoms with van der Waals surface area (Å²) in [5.74, 6) is 0.692. The third-order valence-corrected chi connectivity index (χ3v) is 3.25. The van der Waals surface area contributed by atoms with E-state index in [9.17, 15) is 9.18 Å². The maximum absolute atomic E-state index is 13.5. The molecule has 0 fully saturated rings. The fraction of sp³-hybridized carbons (Fsp3) is 0.353. The zero-order valence-electron chi connectivity index (χ0n) is 13.9. The van der Waals surface area contributed by atoms with E-state index in [2.05, 4.69) is 25.9 Å².